The van der Waals surface area contributed by atoms with Gasteiger partial charge in [0, 0.05) is 16.5 Å². The van der Waals surface area contributed by atoms with Crippen molar-refractivity contribution in [1.29, 1.82) is 0 Å². The minimum Gasteiger partial charge on any atom is -0.497 e. The first-order valence-electron chi connectivity index (χ1n) is 10.7. The van der Waals surface area contributed by atoms with Gasteiger partial charge in [0.15, 0.2) is 0 Å². The van der Waals surface area contributed by atoms with Gasteiger partial charge in [0.05, 0.1) is 7.11 Å². The lowest BCUT2D eigenvalue weighted by molar-refractivity contribution is 0.112. The van der Waals surface area contributed by atoms with Crippen LogP contribution in [0.5, 0.6) is 17.2 Å². The monoisotopic (exact) mass is 410 g/mol. The predicted octanol–water partition coefficient (Wildman–Crippen LogP) is 7.46. The zero-order chi connectivity index (χ0) is 21.6. The first-order chi connectivity index (χ1) is 15.2. The van der Waals surface area contributed by atoms with Gasteiger partial charge < -0.3 is 9.47 Å². The van der Waals surface area contributed by atoms with Crippen molar-refractivity contribution in [3.63, 3.8) is 0 Å². The third-order valence-electron chi connectivity index (χ3n) is 5.48. The maximum atomic E-state index is 11.0. The topological polar surface area (TPSA) is 35.5 Å². The van der Waals surface area contributed by atoms with E-state index in [1.807, 2.05) is 24.3 Å². The molecule has 156 valence electrons. The first kappa shape index (κ1) is 20.7. The molecule has 0 saturated heterocycles. The largest absolute Gasteiger partial charge is 0.497 e. The molecule has 0 fully saturated rings. The molecule has 0 N–H and O–H groups in total. The summed E-state index contributed by atoms with van der Waals surface area (Å²) < 4.78 is 12.0. The van der Waals surface area contributed by atoms with E-state index in [-0.39, 0.29) is 0 Å². The van der Waals surface area contributed by atoms with Gasteiger partial charge in [0.25, 0.3) is 0 Å². The van der Waals surface area contributed by atoms with Crippen molar-refractivity contribution in [3.05, 3.63) is 90.0 Å². The molecule has 0 saturated carbocycles. The third-order valence-corrected chi connectivity index (χ3v) is 5.48. The molecule has 0 aromatic heterocycles. The summed E-state index contributed by atoms with van der Waals surface area (Å²) in [6.45, 7) is 2.21. The highest BCUT2D eigenvalue weighted by Gasteiger charge is 2.18. The third kappa shape index (κ3) is 4.46. The van der Waals surface area contributed by atoms with Crippen LogP contribution in [-0.2, 0) is 6.42 Å². The zero-order valence-corrected chi connectivity index (χ0v) is 17.9. The van der Waals surface area contributed by atoms with Gasteiger partial charge in [-0.25, -0.2) is 0 Å². The van der Waals surface area contributed by atoms with Gasteiger partial charge >= 0.3 is 0 Å². The molecule has 4 aromatic rings. The Balaban J connectivity index is 1.96. The van der Waals surface area contributed by atoms with E-state index in [4.69, 9.17) is 9.47 Å². The van der Waals surface area contributed by atoms with Crippen molar-refractivity contribution in [3.8, 4) is 28.4 Å². The molecule has 0 heterocycles. The van der Waals surface area contributed by atoms with Gasteiger partial charge in [-0.05, 0) is 71.8 Å². The van der Waals surface area contributed by atoms with Crippen LogP contribution in [0.3, 0.4) is 0 Å². The number of methoxy groups -OCH3 is 1. The summed E-state index contributed by atoms with van der Waals surface area (Å²) in [7, 11) is 1.68. The molecule has 0 aliphatic heterocycles. The van der Waals surface area contributed by atoms with E-state index >= 15 is 0 Å². The van der Waals surface area contributed by atoms with Crippen LogP contribution < -0.4 is 9.47 Å². The Hall–Kier alpha value is -3.59. The number of aryl methyl sites for hydroxylation is 1. The maximum absolute atomic E-state index is 11.0. The summed E-state index contributed by atoms with van der Waals surface area (Å²) in [5, 5.41) is 2.11. The molecular weight excluding hydrogens is 384 g/mol. The Morgan fingerprint density at radius 1 is 0.871 bits per heavy atom. The molecule has 31 heavy (non-hydrogen) atoms. The van der Waals surface area contributed by atoms with E-state index in [1.54, 1.807) is 19.2 Å². The summed E-state index contributed by atoms with van der Waals surface area (Å²) in [5.41, 5.74) is 4.13. The average molecular weight is 411 g/mol. The summed E-state index contributed by atoms with van der Waals surface area (Å²) in [4.78, 5) is 11.0. The second kappa shape index (κ2) is 9.48. The van der Waals surface area contributed by atoms with Crippen molar-refractivity contribution in [2.45, 2.75) is 26.2 Å². The standard InChI is InChI=1S/C28H26O3/c1-3-4-8-22-17-23-18-25(30-2)15-16-26(23)28(27(22)21-9-6-5-7-10-21)31-24-13-11-20(19-29)12-14-24/h5-7,9-19H,3-4,8H2,1-2H3. The molecule has 3 nitrogen and oxygen atoms in total. The minimum absolute atomic E-state index is 0.627. The Morgan fingerprint density at radius 2 is 1.61 bits per heavy atom. The molecule has 4 rings (SSSR count). The molecule has 0 unspecified atom stereocenters. The number of carbonyl (C=O) groups is 1. The molecule has 0 amide bonds. The molecular formula is C28H26O3. The van der Waals surface area contributed by atoms with Crippen LogP contribution >= 0.6 is 0 Å². The van der Waals surface area contributed by atoms with Crippen molar-refractivity contribution in [2.75, 3.05) is 7.11 Å². The number of carbonyl (C=O) groups excluding carboxylic acids is 1. The number of benzene rings is 4. The molecule has 3 heteroatoms. The fourth-order valence-corrected chi connectivity index (χ4v) is 3.86. The number of rotatable bonds is 8. The summed E-state index contributed by atoms with van der Waals surface area (Å²) in [6, 6.07) is 26.0. The van der Waals surface area contributed by atoms with E-state index in [1.165, 1.54) is 5.56 Å². The van der Waals surface area contributed by atoms with Crippen LogP contribution in [0.1, 0.15) is 35.7 Å². The van der Waals surface area contributed by atoms with Gasteiger partial charge in [-0.15, -0.1) is 0 Å². The van der Waals surface area contributed by atoms with E-state index in [9.17, 15) is 4.79 Å². The van der Waals surface area contributed by atoms with E-state index < -0.39 is 0 Å². The maximum Gasteiger partial charge on any atom is 0.150 e. The first-order valence-corrected chi connectivity index (χ1v) is 10.7. The van der Waals surface area contributed by atoms with Crippen LogP contribution in [0.4, 0.5) is 0 Å². The number of ether oxygens (including phenoxy) is 2. The molecule has 0 atom stereocenters. The lowest BCUT2D eigenvalue weighted by atomic mass is 9.91. The smallest absolute Gasteiger partial charge is 0.150 e. The van der Waals surface area contributed by atoms with Crippen molar-refractivity contribution >= 4 is 17.1 Å². The fraction of sp³-hybridized carbons (Fsp3) is 0.179. The highest BCUT2D eigenvalue weighted by Crippen LogP contribution is 2.43. The SMILES string of the molecule is CCCCc1cc2cc(OC)ccc2c(Oc2ccc(C=O)cc2)c1-c1ccccc1. The number of hydrogen-bond acceptors (Lipinski definition) is 3. The van der Waals surface area contributed by atoms with E-state index in [2.05, 4.69) is 49.4 Å². The molecule has 0 radical (unpaired) electrons. The van der Waals surface area contributed by atoms with E-state index in [0.29, 0.717) is 11.3 Å². The Kier molecular flexibility index (Phi) is 6.32. The van der Waals surface area contributed by atoms with Crippen LogP contribution in [0.15, 0.2) is 78.9 Å². The average Bonchev–Trinajstić information content (AvgIpc) is 2.83. The van der Waals surface area contributed by atoms with Gasteiger partial charge in [-0.2, -0.15) is 0 Å². The van der Waals surface area contributed by atoms with Gasteiger partial charge in [-0.1, -0.05) is 49.7 Å². The predicted molar refractivity (Wildman–Crippen MR) is 126 cm³/mol. The van der Waals surface area contributed by atoms with Crippen molar-refractivity contribution < 1.29 is 14.3 Å². The number of unbranched alkanes of at least 4 members (excludes halogenated alkanes) is 1. The molecule has 0 aliphatic carbocycles. The van der Waals surface area contributed by atoms with Crippen LogP contribution in [0.25, 0.3) is 21.9 Å². The minimum atomic E-state index is 0.627. The van der Waals surface area contributed by atoms with Gasteiger partial charge in [-0.3, -0.25) is 4.79 Å². The second-order valence-corrected chi connectivity index (χ2v) is 7.59. The van der Waals surface area contributed by atoms with Gasteiger partial charge in [0.2, 0.25) is 0 Å². The normalized spacial score (nSPS) is 10.8. The number of aldehydes is 1. The fourth-order valence-electron chi connectivity index (χ4n) is 3.86. The number of fused-ring (bicyclic) bond motifs is 1. The second-order valence-electron chi connectivity index (χ2n) is 7.59. The molecule has 0 bridgehead atoms. The summed E-state index contributed by atoms with van der Waals surface area (Å²) in [5.74, 6) is 2.35. The van der Waals surface area contributed by atoms with Crippen molar-refractivity contribution in [1.82, 2.24) is 0 Å². The Bertz CT molecular complexity index is 1180. The highest BCUT2D eigenvalue weighted by molar-refractivity contribution is 5.98. The van der Waals surface area contributed by atoms with Crippen molar-refractivity contribution in [2.24, 2.45) is 0 Å². The van der Waals surface area contributed by atoms with Crippen LogP contribution in [0, 0.1) is 0 Å². The summed E-state index contributed by atoms with van der Waals surface area (Å²) in [6.07, 6.45) is 4.02. The van der Waals surface area contributed by atoms with E-state index in [0.717, 1.165) is 58.9 Å². The Morgan fingerprint density at radius 3 is 2.29 bits per heavy atom. The highest BCUT2D eigenvalue weighted by atomic mass is 16.5. The molecule has 4 aromatic carbocycles. The van der Waals surface area contributed by atoms with Crippen LogP contribution in [-0.4, -0.2) is 13.4 Å². The quantitative estimate of drug-likeness (QED) is 0.283. The number of hydrogen-bond donors (Lipinski definition) is 0. The van der Waals surface area contributed by atoms with Crippen LogP contribution in [0.2, 0.25) is 0 Å². The Labute approximate surface area is 183 Å². The lowest BCUT2D eigenvalue weighted by Crippen LogP contribution is -1.97. The molecule has 0 spiro atoms. The lowest BCUT2D eigenvalue weighted by Gasteiger charge is -2.19. The van der Waals surface area contributed by atoms with Gasteiger partial charge in [0.1, 0.15) is 23.5 Å². The zero-order valence-electron chi connectivity index (χ0n) is 17.9. The summed E-state index contributed by atoms with van der Waals surface area (Å²) >= 11 is 0. The molecule has 0 aliphatic rings.